The number of carboxylic acids is 1. The van der Waals surface area contributed by atoms with Crippen LogP contribution in [0, 0.1) is 5.92 Å². The third-order valence-electron chi connectivity index (χ3n) is 4.00. The molecule has 6 nitrogen and oxygen atoms in total. The summed E-state index contributed by atoms with van der Waals surface area (Å²) in [6.45, 7) is 1.98. The normalized spacial score (nSPS) is 31.1. The molecular weight excluding hydrogens is 294 g/mol. The summed E-state index contributed by atoms with van der Waals surface area (Å²) in [5.41, 5.74) is 0. The third-order valence-corrected chi connectivity index (χ3v) is 5.21. The quantitative estimate of drug-likeness (QED) is 0.446. The number of esters is 1. The summed E-state index contributed by atoms with van der Waals surface area (Å²) in [5, 5.41) is 9.29. The summed E-state index contributed by atoms with van der Waals surface area (Å²) in [6.07, 6.45) is 4.09. The molecule has 2 rings (SSSR count). The van der Waals surface area contributed by atoms with Gasteiger partial charge in [0, 0.05) is 17.4 Å². The maximum atomic E-state index is 12.2. The molecule has 0 bridgehead atoms. The first-order valence-electron chi connectivity index (χ1n) is 6.92. The highest BCUT2D eigenvalue weighted by Crippen LogP contribution is 2.45. The number of fused-ring (bicyclic) bond motifs is 1. The molecule has 0 aromatic carbocycles. The molecule has 2 aliphatic rings. The Kier molecular flexibility index (Phi) is 4.92. The number of allylic oxidation sites excluding steroid dienone is 1. The van der Waals surface area contributed by atoms with E-state index in [1.165, 1.54) is 18.1 Å². The van der Waals surface area contributed by atoms with Gasteiger partial charge in [-0.2, -0.15) is 11.8 Å². The molecule has 7 heteroatoms. The molecule has 2 saturated heterocycles. The molecule has 0 aromatic rings. The number of β-lactam (4-membered cyclic amide) rings is 1. The van der Waals surface area contributed by atoms with Crippen molar-refractivity contribution in [2.75, 3.05) is 12.9 Å². The van der Waals surface area contributed by atoms with Crippen LogP contribution in [0.15, 0.2) is 12.2 Å². The Labute approximate surface area is 127 Å². The lowest BCUT2D eigenvalue weighted by molar-refractivity contribution is -0.163. The largest absolute Gasteiger partial charge is 0.480 e. The van der Waals surface area contributed by atoms with Crippen molar-refractivity contribution in [1.82, 2.24) is 4.90 Å². The minimum atomic E-state index is -0.930. The SMILES string of the molecule is CCSC1CC2C(C/C=C/C(=O)OC)C(=O)N2[C@@H]1C(=O)O. The maximum absolute atomic E-state index is 12.2. The molecule has 116 valence electrons. The van der Waals surface area contributed by atoms with E-state index >= 15 is 0 Å². The van der Waals surface area contributed by atoms with Crippen LogP contribution in [0.1, 0.15) is 19.8 Å². The van der Waals surface area contributed by atoms with E-state index < -0.39 is 18.0 Å². The Bertz CT molecular complexity index is 478. The fourth-order valence-electron chi connectivity index (χ4n) is 3.09. The van der Waals surface area contributed by atoms with Crippen LogP contribution in [0.4, 0.5) is 0 Å². The second-order valence-corrected chi connectivity index (χ2v) is 6.61. The molecular formula is C14H19NO5S. The van der Waals surface area contributed by atoms with Crippen LogP contribution in [0.25, 0.3) is 0 Å². The van der Waals surface area contributed by atoms with Crippen LogP contribution >= 0.6 is 11.8 Å². The van der Waals surface area contributed by atoms with Crippen molar-refractivity contribution in [1.29, 1.82) is 0 Å². The number of thioether (sulfide) groups is 1. The molecule has 0 saturated carbocycles. The number of hydrogen-bond donors (Lipinski definition) is 1. The van der Waals surface area contributed by atoms with Gasteiger partial charge in [-0.05, 0) is 18.6 Å². The minimum absolute atomic E-state index is 0.0232. The zero-order valence-corrected chi connectivity index (χ0v) is 12.8. The van der Waals surface area contributed by atoms with Gasteiger partial charge in [0.2, 0.25) is 5.91 Å². The number of rotatable bonds is 6. The van der Waals surface area contributed by atoms with Crippen LogP contribution in [0.2, 0.25) is 0 Å². The van der Waals surface area contributed by atoms with Gasteiger partial charge in [-0.25, -0.2) is 9.59 Å². The first-order valence-corrected chi connectivity index (χ1v) is 7.97. The zero-order valence-electron chi connectivity index (χ0n) is 12.0. The standard InChI is InChI=1S/C14H19NO5S/c1-3-21-10-7-9-8(5-4-6-11(16)20-2)13(17)15(9)12(10)14(18)19/h4,6,8-10,12H,3,5,7H2,1-2H3,(H,18,19)/b6-4+/t8?,9?,10?,12-/m0/s1. The first kappa shape index (κ1) is 15.9. The summed E-state index contributed by atoms with van der Waals surface area (Å²) >= 11 is 1.59. The summed E-state index contributed by atoms with van der Waals surface area (Å²) in [6, 6.07) is -0.738. The Morgan fingerprint density at radius 3 is 2.81 bits per heavy atom. The molecule has 0 radical (unpaired) electrons. The number of hydrogen-bond acceptors (Lipinski definition) is 5. The number of carbonyl (C=O) groups excluding carboxylic acids is 2. The van der Waals surface area contributed by atoms with Crippen molar-refractivity contribution in [3.63, 3.8) is 0 Å². The fraction of sp³-hybridized carbons (Fsp3) is 0.643. The average Bonchev–Trinajstić information content (AvgIpc) is 2.79. The summed E-state index contributed by atoms with van der Waals surface area (Å²) in [5.74, 6) is -0.889. The van der Waals surface area contributed by atoms with Gasteiger partial charge in [0.25, 0.3) is 0 Å². The van der Waals surface area contributed by atoms with Crippen LogP contribution < -0.4 is 0 Å². The Morgan fingerprint density at radius 1 is 1.52 bits per heavy atom. The van der Waals surface area contributed by atoms with E-state index in [-0.39, 0.29) is 23.1 Å². The number of carbonyl (C=O) groups is 3. The lowest BCUT2D eigenvalue weighted by atomic mass is 9.85. The fourth-order valence-corrected chi connectivity index (χ4v) is 4.28. The maximum Gasteiger partial charge on any atom is 0.330 e. The molecule has 0 aliphatic carbocycles. The molecule has 2 fully saturated rings. The average molecular weight is 313 g/mol. The summed E-state index contributed by atoms with van der Waals surface area (Å²) in [4.78, 5) is 36.1. The highest BCUT2D eigenvalue weighted by molar-refractivity contribution is 7.99. The molecule has 0 aromatic heterocycles. The van der Waals surface area contributed by atoms with E-state index in [1.54, 1.807) is 17.8 Å². The van der Waals surface area contributed by atoms with Crippen molar-refractivity contribution in [3.05, 3.63) is 12.2 Å². The Hall–Kier alpha value is -1.50. The van der Waals surface area contributed by atoms with Crippen molar-refractivity contribution >= 4 is 29.6 Å². The van der Waals surface area contributed by atoms with E-state index in [4.69, 9.17) is 0 Å². The number of carboxylic acid groups (broad SMARTS) is 1. The topological polar surface area (TPSA) is 83.9 Å². The molecule has 1 amide bonds. The monoisotopic (exact) mass is 313 g/mol. The number of aliphatic carboxylic acids is 1. The lowest BCUT2D eigenvalue weighted by Gasteiger charge is -2.44. The molecule has 1 N–H and O–H groups in total. The lowest BCUT2D eigenvalue weighted by Crippen LogP contribution is -2.61. The van der Waals surface area contributed by atoms with E-state index in [0.29, 0.717) is 12.8 Å². The van der Waals surface area contributed by atoms with Crippen LogP contribution in [-0.4, -0.2) is 58.0 Å². The van der Waals surface area contributed by atoms with E-state index in [2.05, 4.69) is 4.74 Å². The predicted octanol–water partition coefficient (Wildman–Crippen LogP) is 0.911. The highest BCUT2D eigenvalue weighted by atomic mass is 32.2. The van der Waals surface area contributed by atoms with Gasteiger partial charge in [-0.15, -0.1) is 0 Å². The first-order chi connectivity index (χ1) is 10.0. The Balaban J connectivity index is 2.02. The smallest absolute Gasteiger partial charge is 0.330 e. The van der Waals surface area contributed by atoms with Crippen molar-refractivity contribution in [3.8, 4) is 0 Å². The zero-order chi connectivity index (χ0) is 15.6. The molecule has 4 atom stereocenters. The van der Waals surface area contributed by atoms with E-state index in [1.807, 2.05) is 6.92 Å². The highest BCUT2D eigenvalue weighted by Gasteiger charge is 2.59. The van der Waals surface area contributed by atoms with E-state index in [9.17, 15) is 19.5 Å². The molecule has 21 heavy (non-hydrogen) atoms. The van der Waals surface area contributed by atoms with Crippen molar-refractivity contribution in [2.24, 2.45) is 5.92 Å². The van der Waals surface area contributed by atoms with Crippen molar-refractivity contribution in [2.45, 2.75) is 37.1 Å². The Morgan fingerprint density at radius 2 is 2.24 bits per heavy atom. The summed E-state index contributed by atoms with van der Waals surface area (Å²) < 4.78 is 4.49. The minimum Gasteiger partial charge on any atom is -0.480 e. The molecule has 0 spiro atoms. The van der Waals surface area contributed by atoms with E-state index in [0.717, 1.165) is 5.75 Å². The van der Waals surface area contributed by atoms with Gasteiger partial charge in [0.1, 0.15) is 6.04 Å². The summed E-state index contributed by atoms with van der Waals surface area (Å²) in [7, 11) is 1.30. The number of amides is 1. The second kappa shape index (κ2) is 6.51. The van der Waals surface area contributed by atoms with Crippen LogP contribution in [0.5, 0.6) is 0 Å². The molecule has 2 aliphatic heterocycles. The number of nitrogens with zero attached hydrogens (tertiary/aromatic N) is 1. The van der Waals surface area contributed by atoms with Crippen molar-refractivity contribution < 1.29 is 24.2 Å². The van der Waals surface area contributed by atoms with Gasteiger partial charge in [-0.3, -0.25) is 4.79 Å². The number of ether oxygens (including phenoxy) is 1. The van der Waals surface area contributed by atoms with Gasteiger partial charge in [-0.1, -0.05) is 13.0 Å². The van der Waals surface area contributed by atoms with Crippen LogP contribution in [0.3, 0.4) is 0 Å². The van der Waals surface area contributed by atoms with Gasteiger partial charge >= 0.3 is 11.9 Å². The predicted molar refractivity (Wildman–Crippen MR) is 77.9 cm³/mol. The van der Waals surface area contributed by atoms with Gasteiger partial charge in [0.05, 0.1) is 13.0 Å². The third kappa shape index (κ3) is 2.92. The molecule has 3 unspecified atom stereocenters. The van der Waals surface area contributed by atoms with Gasteiger partial charge in [0.15, 0.2) is 0 Å². The van der Waals surface area contributed by atoms with Crippen LogP contribution in [-0.2, 0) is 19.1 Å². The second-order valence-electron chi connectivity index (χ2n) is 5.09. The van der Waals surface area contributed by atoms with Gasteiger partial charge < -0.3 is 14.7 Å². The molecule has 2 heterocycles. The number of methoxy groups -OCH3 is 1.